The van der Waals surface area contributed by atoms with E-state index in [1.165, 1.54) is 19.3 Å². The molecule has 3 unspecified atom stereocenters. The van der Waals surface area contributed by atoms with Gasteiger partial charge in [-0.25, -0.2) is 9.97 Å². The maximum absolute atomic E-state index is 4.76. The number of hydrogen-bond donors (Lipinski definition) is 2. The number of aryl methyl sites for hydroxylation is 1. The monoisotopic (exact) mass is 290 g/mol. The Morgan fingerprint density at radius 2 is 1.86 bits per heavy atom. The zero-order valence-electron chi connectivity index (χ0n) is 14.2. The van der Waals surface area contributed by atoms with Crippen LogP contribution in [0.3, 0.4) is 0 Å². The van der Waals surface area contributed by atoms with Gasteiger partial charge in [0.15, 0.2) is 0 Å². The molecule has 118 valence electrons. The maximum Gasteiger partial charge on any atom is 0.135 e. The van der Waals surface area contributed by atoms with Crippen molar-refractivity contribution in [3.8, 4) is 0 Å². The Morgan fingerprint density at radius 3 is 2.48 bits per heavy atom. The molecule has 0 saturated heterocycles. The Bertz CT molecular complexity index is 472. The van der Waals surface area contributed by atoms with Crippen LogP contribution in [0.1, 0.15) is 57.8 Å². The van der Waals surface area contributed by atoms with Gasteiger partial charge in [-0.2, -0.15) is 0 Å². The average molecular weight is 290 g/mol. The number of nitrogens with one attached hydrogen (secondary N) is 2. The van der Waals surface area contributed by atoms with Gasteiger partial charge in [0, 0.05) is 25.1 Å². The van der Waals surface area contributed by atoms with Crippen LogP contribution in [0.4, 0.5) is 11.6 Å². The predicted molar refractivity (Wildman–Crippen MR) is 89.9 cm³/mol. The van der Waals surface area contributed by atoms with E-state index in [0.717, 1.165) is 41.8 Å². The van der Waals surface area contributed by atoms with Crippen LogP contribution in [-0.2, 0) is 6.42 Å². The molecule has 1 aliphatic rings. The molecule has 1 saturated carbocycles. The van der Waals surface area contributed by atoms with Crippen molar-refractivity contribution in [1.29, 1.82) is 0 Å². The lowest BCUT2D eigenvalue weighted by Crippen LogP contribution is -2.33. The molecule has 1 aliphatic carbocycles. The third-order valence-corrected chi connectivity index (χ3v) is 4.66. The van der Waals surface area contributed by atoms with Gasteiger partial charge in [0.1, 0.15) is 17.5 Å². The molecule has 4 nitrogen and oxygen atoms in total. The Labute approximate surface area is 129 Å². The largest absolute Gasteiger partial charge is 0.373 e. The van der Waals surface area contributed by atoms with Gasteiger partial charge in [-0.05, 0) is 44.4 Å². The van der Waals surface area contributed by atoms with Crippen LogP contribution in [-0.4, -0.2) is 23.1 Å². The first-order valence-electron chi connectivity index (χ1n) is 8.36. The van der Waals surface area contributed by atoms with E-state index in [4.69, 9.17) is 4.98 Å². The Morgan fingerprint density at radius 1 is 1.14 bits per heavy atom. The molecule has 2 N–H and O–H groups in total. The van der Waals surface area contributed by atoms with E-state index < -0.39 is 0 Å². The van der Waals surface area contributed by atoms with E-state index in [1.807, 2.05) is 7.05 Å². The van der Waals surface area contributed by atoms with E-state index in [0.29, 0.717) is 12.0 Å². The van der Waals surface area contributed by atoms with Crippen LogP contribution >= 0.6 is 0 Å². The Hall–Kier alpha value is -1.32. The number of rotatable bonds is 5. The highest BCUT2D eigenvalue weighted by atomic mass is 15.1. The number of aromatic nitrogens is 2. The van der Waals surface area contributed by atoms with E-state index in [-0.39, 0.29) is 0 Å². The van der Waals surface area contributed by atoms with Crippen molar-refractivity contribution < 1.29 is 0 Å². The predicted octanol–water partition coefficient (Wildman–Crippen LogP) is 4.02. The first-order valence-corrected chi connectivity index (χ1v) is 8.36. The molecule has 0 aliphatic heterocycles. The third-order valence-electron chi connectivity index (χ3n) is 4.66. The van der Waals surface area contributed by atoms with Gasteiger partial charge in [0.25, 0.3) is 0 Å². The van der Waals surface area contributed by atoms with Gasteiger partial charge in [-0.1, -0.05) is 20.8 Å². The second kappa shape index (κ2) is 7.10. The molecule has 2 rings (SSSR count). The normalized spacial score (nSPS) is 25.7. The molecule has 0 bridgehead atoms. The summed E-state index contributed by atoms with van der Waals surface area (Å²) >= 11 is 0. The molecular weight excluding hydrogens is 260 g/mol. The van der Waals surface area contributed by atoms with E-state index in [1.54, 1.807) is 0 Å². The molecule has 0 radical (unpaired) electrons. The molecule has 0 aromatic carbocycles. The topological polar surface area (TPSA) is 49.8 Å². The molecule has 21 heavy (non-hydrogen) atoms. The lowest BCUT2D eigenvalue weighted by molar-refractivity contribution is 0.276. The summed E-state index contributed by atoms with van der Waals surface area (Å²) in [5.74, 6) is 4.47. The standard InChI is InChI=1S/C17H30N4/c1-6-7-15-20-16(18-5)13(4)17(21-15)19-14-9-8-11(2)10-12(14)3/h11-12,14H,6-10H2,1-5H3,(H2,18,19,20,21). The summed E-state index contributed by atoms with van der Waals surface area (Å²) < 4.78 is 0. The summed E-state index contributed by atoms with van der Waals surface area (Å²) in [6.07, 6.45) is 5.86. The highest BCUT2D eigenvalue weighted by molar-refractivity contribution is 5.57. The summed E-state index contributed by atoms with van der Waals surface area (Å²) in [5.41, 5.74) is 1.13. The lowest BCUT2D eigenvalue weighted by atomic mass is 9.80. The Kier molecular flexibility index (Phi) is 5.43. The summed E-state index contributed by atoms with van der Waals surface area (Å²) in [4.78, 5) is 9.36. The van der Waals surface area contributed by atoms with Crippen LogP contribution in [0.25, 0.3) is 0 Å². The van der Waals surface area contributed by atoms with Crippen molar-refractivity contribution >= 4 is 11.6 Å². The van der Waals surface area contributed by atoms with Crippen molar-refractivity contribution in [3.63, 3.8) is 0 Å². The summed E-state index contributed by atoms with van der Waals surface area (Å²) in [6, 6.07) is 0.536. The highest BCUT2D eigenvalue weighted by Crippen LogP contribution is 2.31. The van der Waals surface area contributed by atoms with Crippen molar-refractivity contribution in [2.24, 2.45) is 11.8 Å². The fraction of sp³-hybridized carbons (Fsp3) is 0.765. The number of nitrogens with zero attached hydrogens (tertiary/aromatic N) is 2. The minimum absolute atomic E-state index is 0.536. The third kappa shape index (κ3) is 3.86. The first-order chi connectivity index (χ1) is 10.0. The maximum atomic E-state index is 4.76. The summed E-state index contributed by atoms with van der Waals surface area (Å²) in [7, 11) is 1.93. The molecule has 0 amide bonds. The minimum Gasteiger partial charge on any atom is -0.373 e. The van der Waals surface area contributed by atoms with Gasteiger partial charge in [-0.15, -0.1) is 0 Å². The minimum atomic E-state index is 0.536. The molecule has 4 heteroatoms. The SMILES string of the molecule is CCCc1nc(NC)c(C)c(NC2CCC(C)CC2C)n1. The quantitative estimate of drug-likeness (QED) is 0.860. The molecule has 1 aromatic rings. The molecule has 0 spiro atoms. The molecule has 1 aromatic heterocycles. The van der Waals surface area contributed by atoms with Gasteiger partial charge < -0.3 is 10.6 Å². The second-order valence-corrected chi connectivity index (χ2v) is 6.61. The Balaban J connectivity index is 2.20. The van der Waals surface area contributed by atoms with Crippen LogP contribution in [0.5, 0.6) is 0 Å². The van der Waals surface area contributed by atoms with Gasteiger partial charge in [-0.3, -0.25) is 0 Å². The van der Waals surface area contributed by atoms with E-state index >= 15 is 0 Å². The van der Waals surface area contributed by atoms with E-state index in [9.17, 15) is 0 Å². The van der Waals surface area contributed by atoms with Crippen molar-refractivity contribution in [2.75, 3.05) is 17.7 Å². The van der Waals surface area contributed by atoms with E-state index in [2.05, 4.69) is 43.3 Å². The molecule has 3 atom stereocenters. The van der Waals surface area contributed by atoms with Crippen molar-refractivity contribution in [3.05, 3.63) is 11.4 Å². The van der Waals surface area contributed by atoms with Gasteiger partial charge >= 0.3 is 0 Å². The van der Waals surface area contributed by atoms with Gasteiger partial charge in [0.2, 0.25) is 0 Å². The average Bonchev–Trinajstić information content (AvgIpc) is 2.45. The molecule has 1 fully saturated rings. The van der Waals surface area contributed by atoms with Crippen LogP contribution in [0.2, 0.25) is 0 Å². The summed E-state index contributed by atoms with van der Waals surface area (Å²) in [5, 5.41) is 6.90. The smallest absolute Gasteiger partial charge is 0.135 e. The zero-order valence-corrected chi connectivity index (χ0v) is 14.2. The fourth-order valence-corrected chi connectivity index (χ4v) is 3.34. The van der Waals surface area contributed by atoms with Crippen molar-refractivity contribution in [1.82, 2.24) is 9.97 Å². The fourth-order valence-electron chi connectivity index (χ4n) is 3.34. The van der Waals surface area contributed by atoms with Crippen molar-refractivity contribution in [2.45, 2.75) is 65.8 Å². The zero-order chi connectivity index (χ0) is 15.4. The summed E-state index contributed by atoms with van der Waals surface area (Å²) in [6.45, 7) is 8.98. The molecule has 1 heterocycles. The first kappa shape index (κ1) is 16.1. The van der Waals surface area contributed by atoms with Gasteiger partial charge in [0.05, 0.1) is 0 Å². The second-order valence-electron chi connectivity index (χ2n) is 6.61. The molecular formula is C17H30N4. The van der Waals surface area contributed by atoms with Crippen LogP contribution in [0.15, 0.2) is 0 Å². The van der Waals surface area contributed by atoms with Crippen LogP contribution < -0.4 is 10.6 Å². The number of anilines is 2. The lowest BCUT2D eigenvalue weighted by Gasteiger charge is -2.34. The number of hydrogen-bond acceptors (Lipinski definition) is 4. The highest BCUT2D eigenvalue weighted by Gasteiger charge is 2.26. The van der Waals surface area contributed by atoms with Crippen LogP contribution in [0, 0.1) is 18.8 Å².